The van der Waals surface area contributed by atoms with E-state index < -0.39 is 0 Å². The molecule has 2 heteroatoms. The van der Waals surface area contributed by atoms with Crippen molar-refractivity contribution >= 4 is 17.7 Å². The van der Waals surface area contributed by atoms with Gasteiger partial charge >= 0.3 is 0 Å². The monoisotopic (exact) mass is 196 g/mol. The standard InChI is InChI=1S/C11H13ClO/c1-4-9-5-6-11(13-3)10(7-9)8(2)12/h4-8H,1H2,2-3H3. The summed E-state index contributed by atoms with van der Waals surface area (Å²) in [6.07, 6.45) is 1.79. The first-order valence-corrected chi connectivity index (χ1v) is 4.57. The quantitative estimate of drug-likeness (QED) is 0.671. The number of alkyl halides is 1. The minimum absolute atomic E-state index is 0.0464. The average Bonchev–Trinajstić information content (AvgIpc) is 2.16. The Morgan fingerprint density at radius 3 is 2.69 bits per heavy atom. The van der Waals surface area contributed by atoms with Crippen LogP contribution in [0.3, 0.4) is 0 Å². The van der Waals surface area contributed by atoms with E-state index in [0.29, 0.717) is 0 Å². The molecule has 1 atom stereocenters. The lowest BCUT2D eigenvalue weighted by Crippen LogP contribution is -1.92. The third-order valence-corrected chi connectivity index (χ3v) is 2.15. The van der Waals surface area contributed by atoms with E-state index in [1.165, 1.54) is 0 Å². The molecule has 0 saturated heterocycles. The molecule has 13 heavy (non-hydrogen) atoms. The highest BCUT2D eigenvalue weighted by molar-refractivity contribution is 6.20. The highest BCUT2D eigenvalue weighted by Crippen LogP contribution is 2.30. The van der Waals surface area contributed by atoms with Gasteiger partial charge in [0.15, 0.2) is 0 Å². The van der Waals surface area contributed by atoms with Gasteiger partial charge in [0.2, 0.25) is 0 Å². The summed E-state index contributed by atoms with van der Waals surface area (Å²) < 4.78 is 5.19. The largest absolute Gasteiger partial charge is 0.496 e. The van der Waals surface area contributed by atoms with E-state index in [1.54, 1.807) is 13.2 Å². The van der Waals surface area contributed by atoms with Crippen molar-refractivity contribution in [2.24, 2.45) is 0 Å². The molecule has 1 unspecified atom stereocenters. The van der Waals surface area contributed by atoms with Crippen LogP contribution in [0.25, 0.3) is 6.08 Å². The molecule has 70 valence electrons. The van der Waals surface area contributed by atoms with Crippen LogP contribution in [0.4, 0.5) is 0 Å². The van der Waals surface area contributed by atoms with Gasteiger partial charge in [-0.1, -0.05) is 18.7 Å². The summed E-state index contributed by atoms with van der Waals surface area (Å²) in [5, 5.41) is -0.0464. The first-order chi connectivity index (χ1) is 6.19. The lowest BCUT2D eigenvalue weighted by Gasteiger charge is -2.10. The molecule has 0 fully saturated rings. The molecule has 1 aromatic rings. The Kier molecular flexibility index (Phi) is 3.38. The topological polar surface area (TPSA) is 9.23 Å². The number of rotatable bonds is 3. The molecular weight excluding hydrogens is 184 g/mol. The molecule has 0 aliphatic heterocycles. The van der Waals surface area contributed by atoms with E-state index >= 15 is 0 Å². The van der Waals surface area contributed by atoms with Gasteiger partial charge in [-0.25, -0.2) is 0 Å². The molecular formula is C11H13ClO. The van der Waals surface area contributed by atoms with Gasteiger partial charge in [0.05, 0.1) is 12.5 Å². The molecule has 0 spiro atoms. The second-order valence-corrected chi connectivity index (χ2v) is 3.48. The summed E-state index contributed by atoms with van der Waals surface area (Å²) >= 11 is 6.00. The molecule has 0 aliphatic rings. The highest BCUT2D eigenvalue weighted by atomic mass is 35.5. The summed E-state index contributed by atoms with van der Waals surface area (Å²) in [4.78, 5) is 0. The lowest BCUT2D eigenvalue weighted by molar-refractivity contribution is 0.409. The molecule has 0 amide bonds. The van der Waals surface area contributed by atoms with Gasteiger partial charge in [0.25, 0.3) is 0 Å². The molecule has 1 rings (SSSR count). The summed E-state index contributed by atoms with van der Waals surface area (Å²) in [6.45, 7) is 5.63. The molecule has 0 bridgehead atoms. The SMILES string of the molecule is C=Cc1ccc(OC)c(C(C)Cl)c1. The summed E-state index contributed by atoms with van der Waals surface area (Å²) in [6, 6.07) is 5.85. The van der Waals surface area contributed by atoms with E-state index in [9.17, 15) is 0 Å². The Balaban J connectivity index is 3.17. The van der Waals surface area contributed by atoms with Gasteiger partial charge in [-0.3, -0.25) is 0 Å². The van der Waals surface area contributed by atoms with Gasteiger partial charge in [-0.05, 0) is 24.6 Å². The summed E-state index contributed by atoms with van der Waals surface area (Å²) in [5.74, 6) is 0.827. The normalized spacial score (nSPS) is 12.2. The third-order valence-electron chi connectivity index (χ3n) is 1.92. The van der Waals surface area contributed by atoms with Crippen LogP contribution in [0.1, 0.15) is 23.4 Å². The van der Waals surface area contributed by atoms with Gasteiger partial charge in [-0.15, -0.1) is 11.6 Å². The van der Waals surface area contributed by atoms with E-state index in [0.717, 1.165) is 16.9 Å². The Hall–Kier alpha value is -0.950. The molecule has 0 N–H and O–H groups in total. The zero-order chi connectivity index (χ0) is 9.84. The first kappa shape index (κ1) is 10.1. The lowest BCUT2D eigenvalue weighted by atomic mass is 10.1. The predicted octanol–water partition coefficient (Wildman–Crippen LogP) is 3.64. The maximum atomic E-state index is 6.00. The van der Waals surface area contributed by atoms with Crippen molar-refractivity contribution in [1.29, 1.82) is 0 Å². The number of hydrogen-bond acceptors (Lipinski definition) is 1. The molecule has 1 aromatic carbocycles. The highest BCUT2D eigenvalue weighted by Gasteiger charge is 2.08. The first-order valence-electron chi connectivity index (χ1n) is 4.13. The van der Waals surface area contributed by atoms with Crippen molar-refractivity contribution in [2.75, 3.05) is 7.11 Å². The second kappa shape index (κ2) is 4.33. The number of halogens is 1. The van der Waals surface area contributed by atoms with Crippen LogP contribution in [-0.2, 0) is 0 Å². The minimum Gasteiger partial charge on any atom is -0.496 e. The second-order valence-electron chi connectivity index (χ2n) is 2.82. The van der Waals surface area contributed by atoms with Gasteiger partial charge in [0.1, 0.15) is 5.75 Å². The molecule has 0 radical (unpaired) electrons. The smallest absolute Gasteiger partial charge is 0.123 e. The summed E-state index contributed by atoms with van der Waals surface area (Å²) in [7, 11) is 1.64. The Bertz CT molecular complexity index is 305. The molecule has 0 aromatic heterocycles. The maximum absolute atomic E-state index is 6.00. The molecule has 0 saturated carbocycles. The zero-order valence-corrected chi connectivity index (χ0v) is 8.64. The van der Waals surface area contributed by atoms with Crippen LogP contribution in [0.15, 0.2) is 24.8 Å². The summed E-state index contributed by atoms with van der Waals surface area (Å²) in [5.41, 5.74) is 2.06. The van der Waals surface area contributed by atoms with Crippen LogP contribution >= 0.6 is 11.6 Å². The Morgan fingerprint density at radius 2 is 2.23 bits per heavy atom. The minimum atomic E-state index is -0.0464. The number of methoxy groups -OCH3 is 1. The van der Waals surface area contributed by atoms with E-state index in [-0.39, 0.29) is 5.38 Å². The maximum Gasteiger partial charge on any atom is 0.123 e. The Morgan fingerprint density at radius 1 is 1.54 bits per heavy atom. The average molecular weight is 197 g/mol. The van der Waals surface area contributed by atoms with Crippen LogP contribution < -0.4 is 4.74 Å². The van der Waals surface area contributed by atoms with E-state index in [1.807, 2.05) is 25.1 Å². The van der Waals surface area contributed by atoms with Crippen LogP contribution in [0.2, 0.25) is 0 Å². The van der Waals surface area contributed by atoms with Crippen molar-refractivity contribution in [3.05, 3.63) is 35.9 Å². The molecule has 0 heterocycles. The van der Waals surface area contributed by atoms with Crippen LogP contribution in [-0.4, -0.2) is 7.11 Å². The fourth-order valence-electron chi connectivity index (χ4n) is 1.19. The van der Waals surface area contributed by atoms with Gasteiger partial charge in [-0.2, -0.15) is 0 Å². The number of hydrogen-bond donors (Lipinski definition) is 0. The van der Waals surface area contributed by atoms with Crippen molar-refractivity contribution in [2.45, 2.75) is 12.3 Å². The predicted molar refractivity (Wildman–Crippen MR) is 57.4 cm³/mol. The third kappa shape index (κ3) is 2.25. The van der Waals surface area contributed by atoms with Crippen molar-refractivity contribution < 1.29 is 4.74 Å². The molecule has 1 nitrogen and oxygen atoms in total. The van der Waals surface area contributed by atoms with E-state index in [2.05, 4.69) is 6.58 Å². The van der Waals surface area contributed by atoms with Crippen molar-refractivity contribution in [3.8, 4) is 5.75 Å². The van der Waals surface area contributed by atoms with Crippen molar-refractivity contribution in [1.82, 2.24) is 0 Å². The van der Waals surface area contributed by atoms with E-state index in [4.69, 9.17) is 16.3 Å². The molecule has 0 aliphatic carbocycles. The van der Waals surface area contributed by atoms with Crippen molar-refractivity contribution in [3.63, 3.8) is 0 Å². The van der Waals surface area contributed by atoms with Gasteiger partial charge in [0, 0.05) is 5.56 Å². The van der Waals surface area contributed by atoms with Gasteiger partial charge < -0.3 is 4.74 Å². The fourth-order valence-corrected chi connectivity index (χ4v) is 1.36. The number of ether oxygens (including phenoxy) is 1. The number of benzene rings is 1. The zero-order valence-electron chi connectivity index (χ0n) is 7.88. The van der Waals surface area contributed by atoms with Crippen LogP contribution in [0, 0.1) is 0 Å². The van der Waals surface area contributed by atoms with Crippen LogP contribution in [0.5, 0.6) is 5.75 Å². The Labute approximate surface area is 84.0 Å². The fraction of sp³-hybridized carbons (Fsp3) is 0.273.